The summed E-state index contributed by atoms with van der Waals surface area (Å²) in [7, 11) is 0. The fourth-order valence-electron chi connectivity index (χ4n) is 2.72. The number of carbonyl (C=O) groups is 2. The molecule has 78 valence electrons. The van der Waals surface area contributed by atoms with Gasteiger partial charge in [-0.25, -0.2) is 0 Å². The predicted octanol–water partition coefficient (Wildman–Crippen LogP) is 1.55. The number of hydrogen-bond acceptors (Lipinski definition) is 3. The van der Waals surface area contributed by atoms with Gasteiger partial charge in [0.25, 0.3) is 0 Å². The Morgan fingerprint density at radius 2 is 1.93 bits per heavy atom. The first-order valence-electron chi connectivity index (χ1n) is 5.42. The Kier molecular flexibility index (Phi) is 2.57. The average Bonchev–Trinajstić information content (AvgIpc) is 2.42. The molecule has 2 saturated carbocycles. The molecule has 2 aliphatic rings. The Morgan fingerprint density at radius 3 is 2.43 bits per heavy atom. The summed E-state index contributed by atoms with van der Waals surface area (Å²) in [6, 6.07) is 0. The molecule has 0 aromatic carbocycles. The van der Waals surface area contributed by atoms with Gasteiger partial charge in [-0.2, -0.15) is 0 Å². The molecule has 2 atom stereocenters. The molecule has 0 aromatic heterocycles. The molecule has 3 nitrogen and oxygen atoms in total. The molecule has 0 amide bonds. The van der Waals surface area contributed by atoms with E-state index in [1.165, 1.54) is 0 Å². The van der Waals surface area contributed by atoms with Gasteiger partial charge in [-0.05, 0) is 32.6 Å². The van der Waals surface area contributed by atoms with Crippen molar-refractivity contribution in [1.29, 1.82) is 0 Å². The van der Waals surface area contributed by atoms with Crippen LogP contribution in [0.3, 0.4) is 0 Å². The summed E-state index contributed by atoms with van der Waals surface area (Å²) >= 11 is 0. The Bertz CT molecular complexity index is 243. The molecule has 0 radical (unpaired) electrons. The monoisotopic (exact) mass is 196 g/mol. The SMILES string of the molecule is CCOC(=O)C1CC2CCC(C1)C2=O. The van der Waals surface area contributed by atoms with Gasteiger partial charge in [0.1, 0.15) is 5.78 Å². The van der Waals surface area contributed by atoms with Gasteiger partial charge < -0.3 is 4.74 Å². The first-order chi connectivity index (χ1) is 6.72. The molecule has 3 heteroatoms. The fourth-order valence-corrected chi connectivity index (χ4v) is 2.72. The van der Waals surface area contributed by atoms with Crippen molar-refractivity contribution >= 4 is 11.8 Å². The van der Waals surface area contributed by atoms with Gasteiger partial charge in [0.05, 0.1) is 12.5 Å². The van der Waals surface area contributed by atoms with E-state index in [1.807, 2.05) is 6.92 Å². The van der Waals surface area contributed by atoms with Crippen LogP contribution in [-0.4, -0.2) is 18.4 Å². The quantitative estimate of drug-likeness (QED) is 0.629. The first-order valence-corrected chi connectivity index (χ1v) is 5.42. The van der Waals surface area contributed by atoms with Crippen LogP contribution in [0.15, 0.2) is 0 Å². The molecule has 0 aromatic rings. The molecule has 0 aliphatic heterocycles. The maximum absolute atomic E-state index is 11.6. The molecule has 2 rings (SSSR count). The molecule has 14 heavy (non-hydrogen) atoms. The normalized spacial score (nSPS) is 35.8. The second-order valence-corrected chi connectivity index (χ2v) is 4.29. The van der Waals surface area contributed by atoms with E-state index in [-0.39, 0.29) is 23.7 Å². The van der Waals surface area contributed by atoms with Crippen molar-refractivity contribution in [3.05, 3.63) is 0 Å². The number of Topliss-reactive ketones (excluding diaryl/α,β-unsaturated/α-hetero) is 1. The minimum atomic E-state index is -0.100. The minimum Gasteiger partial charge on any atom is -0.466 e. The lowest BCUT2D eigenvalue weighted by atomic mass is 9.80. The van der Waals surface area contributed by atoms with E-state index in [4.69, 9.17) is 4.74 Å². The molecule has 0 saturated heterocycles. The van der Waals surface area contributed by atoms with Crippen LogP contribution >= 0.6 is 0 Å². The molecule has 0 heterocycles. The summed E-state index contributed by atoms with van der Waals surface area (Å²) in [5.74, 6) is 0.596. The van der Waals surface area contributed by atoms with Crippen LogP contribution < -0.4 is 0 Å². The van der Waals surface area contributed by atoms with Gasteiger partial charge in [0, 0.05) is 11.8 Å². The third-order valence-corrected chi connectivity index (χ3v) is 3.43. The fraction of sp³-hybridized carbons (Fsp3) is 0.818. The maximum atomic E-state index is 11.6. The number of ketones is 1. The maximum Gasteiger partial charge on any atom is 0.308 e. The largest absolute Gasteiger partial charge is 0.466 e. The number of fused-ring (bicyclic) bond motifs is 2. The number of rotatable bonds is 2. The Hall–Kier alpha value is -0.860. The van der Waals surface area contributed by atoms with E-state index in [0.717, 1.165) is 25.7 Å². The summed E-state index contributed by atoms with van der Waals surface area (Å²) < 4.78 is 4.99. The molecule has 2 unspecified atom stereocenters. The average molecular weight is 196 g/mol. The molecule has 0 N–H and O–H groups in total. The summed E-state index contributed by atoms with van der Waals surface area (Å²) in [6.45, 7) is 2.26. The van der Waals surface area contributed by atoms with Crippen molar-refractivity contribution < 1.29 is 14.3 Å². The van der Waals surface area contributed by atoms with Gasteiger partial charge in [0.2, 0.25) is 0 Å². The molecule has 2 aliphatic carbocycles. The van der Waals surface area contributed by atoms with Gasteiger partial charge >= 0.3 is 5.97 Å². The van der Waals surface area contributed by atoms with Crippen molar-refractivity contribution in [2.45, 2.75) is 32.6 Å². The summed E-state index contributed by atoms with van der Waals surface area (Å²) in [5, 5.41) is 0. The highest BCUT2D eigenvalue weighted by atomic mass is 16.5. The zero-order valence-corrected chi connectivity index (χ0v) is 8.49. The zero-order chi connectivity index (χ0) is 10.1. The molecule has 2 bridgehead atoms. The summed E-state index contributed by atoms with van der Waals surface area (Å²) in [6.07, 6.45) is 3.43. The van der Waals surface area contributed by atoms with Crippen LogP contribution in [0.25, 0.3) is 0 Å². The third kappa shape index (κ3) is 1.56. The van der Waals surface area contributed by atoms with Crippen molar-refractivity contribution in [2.24, 2.45) is 17.8 Å². The van der Waals surface area contributed by atoms with E-state index < -0.39 is 0 Å². The van der Waals surface area contributed by atoms with Crippen LogP contribution in [-0.2, 0) is 14.3 Å². The van der Waals surface area contributed by atoms with Gasteiger partial charge in [-0.15, -0.1) is 0 Å². The van der Waals surface area contributed by atoms with Crippen molar-refractivity contribution in [1.82, 2.24) is 0 Å². The molecule has 0 spiro atoms. The Labute approximate surface area is 83.8 Å². The van der Waals surface area contributed by atoms with E-state index >= 15 is 0 Å². The van der Waals surface area contributed by atoms with Crippen molar-refractivity contribution in [3.63, 3.8) is 0 Å². The number of esters is 1. The summed E-state index contributed by atoms with van der Waals surface area (Å²) in [4.78, 5) is 23.1. The van der Waals surface area contributed by atoms with Crippen LogP contribution in [0.2, 0.25) is 0 Å². The highest BCUT2D eigenvalue weighted by Gasteiger charge is 2.43. The smallest absolute Gasteiger partial charge is 0.308 e. The lowest BCUT2D eigenvalue weighted by Gasteiger charge is -2.24. The van der Waals surface area contributed by atoms with Crippen LogP contribution in [0.4, 0.5) is 0 Å². The number of hydrogen-bond donors (Lipinski definition) is 0. The molecule has 2 fully saturated rings. The van der Waals surface area contributed by atoms with Gasteiger partial charge in [0.15, 0.2) is 0 Å². The van der Waals surface area contributed by atoms with Crippen LogP contribution in [0.5, 0.6) is 0 Å². The number of ether oxygens (including phenoxy) is 1. The third-order valence-electron chi connectivity index (χ3n) is 3.43. The van der Waals surface area contributed by atoms with Gasteiger partial charge in [-0.3, -0.25) is 9.59 Å². The van der Waals surface area contributed by atoms with E-state index in [0.29, 0.717) is 12.4 Å². The van der Waals surface area contributed by atoms with Crippen molar-refractivity contribution in [2.75, 3.05) is 6.61 Å². The highest BCUT2D eigenvalue weighted by molar-refractivity contribution is 5.88. The molecular formula is C11H16O3. The van der Waals surface area contributed by atoms with Crippen LogP contribution in [0.1, 0.15) is 32.6 Å². The Morgan fingerprint density at radius 1 is 1.36 bits per heavy atom. The Balaban J connectivity index is 1.99. The zero-order valence-electron chi connectivity index (χ0n) is 8.49. The van der Waals surface area contributed by atoms with E-state index in [1.54, 1.807) is 0 Å². The lowest BCUT2D eigenvalue weighted by Crippen LogP contribution is -2.31. The second-order valence-electron chi connectivity index (χ2n) is 4.29. The van der Waals surface area contributed by atoms with E-state index in [2.05, 4.69) is 0 Å². The number of carbonyl (C=O) groups excluding carboxylic acids is 2. The van der Waals surface area contributed by atoms with Crippen molar-refractivity contribution in [3.8, 4) is 0 Å². The topological polar surface area (TPSA) is 43.4 Å². The van der Waals surface area contributed by atoms with E-state index in [9.17, 15) is 9.59 Å². The standard InChI is InChI=1S/C11H16O3/c1-2-14-11(13)9-5-7-3-4-8(6-9)10(7)12/h7-9H,2-6H2,1H3. The minimum absolute atomic E-state index is 0.00912. The lowest BCUT2D eigenvalue weighted by molar-refractivity contribution is -0.150. The first kappa shape index (κ1) is 9.69. The second kappa shape index (κ2) is 3.71. The summed E-state index contributed by atoms with van der Waals surface area (Å²) in [5.41, 5.74) is 0. The van der Waals surface area contributed by atoms with Gasteiger partial charge in [-0.1, -0.05) is 0 Å². The predicted molar refractivity (Wildman–Crippen MR) is 50.6 cm³/mol. The van der Waals surface area contributed by atoms with Crippen LogP contribution in [0, 0.1) is 17.8 Å². The highest BCUT2D eigenvalue weighted by Crippen LogP contribution is 2.42. The molecular weight excluding hydrogens is 180 g/mol.